The zero-order valence-electron chi connectivity index (χ0n) is 9.04. The number of nitrogens with zero attached hydrogens (tertiary/aromatic N) is 2. The topological polar surface area (TPSA) is 15.6 Å². The van der Waals surface area contributed by atoms with Crippen molar-refractivity contribution in [3.63, 3.8) is 0 Å². The van der Waals surface area contributed by atoms with Crippen molar-refractivity contribution in [3.05, 3.63) is 29.5 Å². The van der Waals surface area contributed by atoms with E-state index in [1.807, 2.05) is 12.2 Å². The molecule has 2 aliphatic rings. The van der Waals surface area contributed by atoms with Gasteiger partial charge in [-0.15, -0.1) is 0 Å². The lowest BCUT2D eigenvalue weighted by atomic mass is 10.1. The van der Waals surface area contributed by atoms with Gasteiger partial charge < -0.3 is 0 Å². The molecule has 0 atom stereocenters. The van der Waals surface area contributed by atoms with Gasteiger partial charge in [0, 0.05) is 18.6 Å². The van der Waals surface area contributed by atoms with Crippen molar-refractivity contribution in [1.29, 1.82) is 0 Å². The molecule has 2 nitrogen and oxygen atoms in total. The molecular formula is C12H16N2. The Morgan fingerprint density at radius 2 is 2.14 bits per heavy atom. The summed E-state index contributed by atoms with van der Waals surface area (Å²) in [4.78, 5) is 6.75. The average molecular weight is 188 g/mol. The second kappa shape index (κ2) is 3.23. The Morgan fingerprint density at radius 1 is 1.36 bits per heavy atom. The van der Waals surface area contributed by atoms with Crippen LogP contribution in [-0.4, -0.2) is 29.4 Å². The Kier molecular flexibility index (Phi) is 2.18. The van der Waals surface area contributed by atoms with Gasteiger partial charge in [-0.2, -0.15) is 0 Å². The van der Waals surface area contributed by atoms with Gasteiger partial charge in [-0.25, -0.2) is 4.99 Å². The standard InChI is InChI=1S/C12H16N2/c1-12(2,3)14-8-10-6-4-5-7-13-11(10)9-14/h4-6H,8-9H2,1-3H3. The molecule has 0 aromatic rings. The van der Waals surface area contributed by atoms with Gasteiger partial charge in [0.1, 0.15) is 0 Å². The van der Waals surface area contributed by atoms with Gasteiger partial charge in [0.05, 0.1) is 5.70 Å². The number of allylic oxidation sites excluding steroid dienone is 2. The van der Waals surface area contributed by atoms with Crippen LogP contribution in [0.5, 0.6) is 0 Å². The monoisotopic (exact) mass is 188 g/mol. The minimum atomic E-state index is 0.221. The van der Waals surface area contributed by atoms with E-state index in [4.69, 9.17) is 0 Å². The van der Waals surface area contributed by atoms with Crippen molar-refractivity contribution in [1.82, 2.24) is 4.90 Å². The average Bonchev–Trinajstić information content (AvgIpc) is 2.38. The Hall–Kier alpha value is -1.11. The highest BCUT2D eigenvalue weighted by Crippen LogP contribution is 2.26. The molecule has 0 saturated carbocycles. The van der Waals surface area contributed by atoms with Gasteiger partial charge in [-0.1, -0.05) is 12.2 Å². The summed E-state index contributed by atoms with van der Waals surface area (Å²) in [6, 6.07) is 0. The van der Waals surface area contributed by atoms with Crippen LogP contribution in [0.1, 0.15) is 20.8 Å². The summed E-state index contributed by atoms with van der Waals surface area (Å²) in [5.74, 6) is 2.92. The summed E-state index contributed by atoms with van der Waals surface area (Å²) in [5.41, 5.74) is 2.73. The summed E-state index contributed by atoms with van der Waals surface area (Å²) >= 11 is 0. The molecule has 74 valence electrons. The van der Waals surface area contributed by atoms with Crippen LogP contribution >= 0.6 is 0 Å². The lowest BCUT2D eigenvalue weighted by molar-refractivity contribution is 0.179. The molecule has 0 fully saturated rings. The molecular weight excluding hydrogens is 172 g/mol. The molecule has 0 spiro atoms. The molecule has 0 aromatic carbocycles. The molecule has 0 bridgehead atoms. The maximum atomic E-state index is 4.32. The van der Waals surface area contributed by atoms with Crippen LogP contribution in [-0.2, 0) is 0 Å². The lowest BCUT2D eigenvalue weighted by Gasteiger charge is -2.31. The van der Waals surface area contributed by atoms with Crippen LogP contribution in [0.25, 0.3) is 0 Å². The van der Waals surface area contributed by atoms with E-state index in [-0.39, 0.29) is 5.54 Å². The molecule has 0 amide bonds. The fourth-order valence-corrected chi connectivity index (χ4v) is 1.69. The Labute approximate surface area is 85.3 Å². The minimum Gasteiger partial charge on any atom is -0.288 e. The summed E-state index contributed by atoms with van der Waals surface area (Å²) in [6.07, 6.45) is 6.02. The number of hydrogen-bond donors (Lipinski definition) is 0. The van der Waals surface area contributed by atoms with Gasteiger partial charge in [0.2, 0.25) is 0 Å². The SMILES string of the molecule is CC(C)(C)N1CC2=C(C1)N=C=CC=C2. The maximum absolute atomic E-state index is 4.32. The second-order valence-corrected chi connectivity index (χ2v) is 4.77. The molecule has 0 aliphatic carbocycles. The first-order valence-electron chi connectivity index (χ1n) is 5.00. The molecule has 2 aliphatic heterocycles. The van der Waals surface area contributed by atoms with Crippen LogP contribution < -0.4 is 0 Å². The molecule has 14 heavy (non-hydrogen) atoms. The van der Waals surface area contributed by atoms with Crippen molar-refractivity contribution < 1.29 is 0 Å². The van der Waals surface area contributed by atoms with Crippen LogP contribution in [0.3, 0.4) is 0 Å². The molecule has 0 saturated heterocycles. The Balaban J connectivity index is 2.21. The van der Waals surface area contributed by atoms with E-state index < -0.39 is 0 Å². The molecule has 0 unspecified atom stereocenters. The number of hydrogen-bond acceptors (Lipinski definition) is 2. The fourth-order valence-electron chi connectivity index (χ4n) is 1.69. The van der Waals surface area contributed by atoms with E-state index in [2.05, 4.69) is 42.6 Å². The van der Waals surface area contributed by atoms with Crippen LogP contribution in [0, 0.1) is 0 Å². The summed E-state index contributed by atoms with van der Waals surface area (Å²) < 4.78 is 0. The molecule has 2 heterocycles. The van der Waals surface area contributed by atoms with Gasteiger partial charge in [0.15, 0.2) is 0 Å². The zero-order chi connectivity index (χ0) is 10.2. The van der Waals surface area contributed by atoms with E-state index in [0.29, 0.717) is 0 Å². The van der Waals surface area contributed by atoms with E-state index in [0.717, 1.165) is 13.1 Å². The smallest absolute Gasteiger partial charge is 0.0689 e. The fraction of sp³-hybridized carbons (Fsp3) is 0.500. The van der Waals surface area contributed by atoms with Gasteiger partial charge in [-0.3, -0.25) is 4.90 Å². The van der Waals surface area contributed by atoms with Crippen molar-refractivity contribution in [2.24, 2.45) is 4.99 Å². The first-order valence-corrected chi connectivity index (χ1v) is 5.00. The van der Waals surface area contributed by atoms with Crippen molar-refractivity contribution >= 4 is 5.87 Å². The number of rotatable bonds is 0. The third-order valence-corrected chi connectivity index (χ3v) is 2.69. The maximum Gasteiger partial charge on any atom is 0.0689 e. The summed E-state index contributed by atoms with van der Waals surface area (Å²) in [6.45, 7) is 8.67. The Morgan fingerprint density at radius 3 is 2.86 bits per heavy atom. The van der Waals surface area contributed by atoms with Crippen LogP contribution in [0.2, 0.25) is 0 Å². The zero-order valence-corrected chi connectivity index (χ0v) is 9.04. The summed E-state index contributed by atoms with van der Waals surface area (Å²) in [7, 11) is 0. The van der Waals surface area contributed by atoms with Crippen LogP contribution in [0.15, 0.2) is 34.5 Å². The lowest BCUT2D eigenvalue weighted by Crippen LogP contribution is -2.40. The highest BCUT2D eigenvalue weighted by Gasteiger charge is 2.28. The third-order valence-electron chi connectivity index (χ3n) is 2.69. The van der Waals surface area contributed by atoms with E-state index >= 15 is 0 Å². The third kappa shape index (κ3) is 1.72. The largest absolute Gasteiger partial charge is 0.288 e. The normalized spacial score (nSPS) is 21.6. The van der Waals surface area contributed by atoms with Crippen LogP contribution in [0.4, 0.5) is 0 Å². The van der Waals surface area contributed by atoms with Gasteiger partial charge >= 0.3 is 0 Å². The van der Waals surface area contributed by atoms with Gasteiger partial charge in [0.25, 0.3) is 0 Å². The van der Waals surface area contributed by atoms with Crippen molar-refractivity contribution in [3.8, 4) is 0 Å². The highest BCUT2D eigenvalue weighted by molar-refractivity contribution is 5.60. The highest BCUT2D eigenvalue weighted by atomic mass is 15.2. The van der Waals surface area contributed by atoms with Gasteiger partial charge in [-0.05, 0) is 38.3 Å². The Bertz CT molecular complexity index is 360. The predicted molar refractivity (Wildman–Crippen MR) is 59.5 cm³/mol. The molecule has 0 aromatic heterocycles. The first kappa shape index (κ1) is 9.45. The molecule has 2 heteroatoms. The quantitative estimate of drug-likeness (QED) is 0.568. The molecule has 2 rings (SSSR count). The van der Waals surface area contributed by atoms with E-state index in [1.165, 1.54) is 11.3 Å². The number of aliphatic imine (C=N–C) groups is 1. The van der Waals surface area contributed by atoms with E-state index in [9.17, 15) is 0 Å². The van der Waals surface area contributed by atoms with Crippen molar-refractivity contribution in [2.75, 3.05) is 13.1 Å². The first-order chi connectivity index (χ1) is 6.57. The second-order valence-electron chi connectivity index (χ2n) is 4.77. The predicted octanol–water partition coefficient (Wildman–Crippen LogP) is 2.15. The molecule has 0 radical (unpaired) electrons. The summed E-state index contributed by atoms with van der Waals surface area (Å²) in [5, 5.41) is 0. The van der Waals surface area contributed by atoms with Crippen molar-refractivity contribution in [2.45, 2.75) is 26.3 Å². The minimum absolute atomic E-state index is 0.221. The molecule has 0 N–H and O–H groups in total. The van der Waals surface area contributed by atoms with E-state index in [1.54, 1.807) is 0 Å².